The van der Waals surface area contributed by atoms with E-state index < -0.39 is 17.8 Å². The molecule has 1 amide bonds. The van der Waals surface area contributed by atoms with Gasteiger partial charge in [-0.2, -0.15) is 18.2 Å². The molecule has 11 heteroatoms. The van der Waals surface area contributed by atoms with Crippen LogP contribution in [0, 0.1) is 0 Å². The largest absolute Gasteiger partial charge is 0.463 e. The van der Waals surface area contributed by atoms with Crippen LogP contribution >= 0.6 is 23.5 Å². The first-order valence-electron chi connectivity index (χ1n) is 10.4. The molecule has 0 aliphatic carbocycles. The molecule has 182 valence electrons. The number of hydrogen-bond donors (Lipinski definition) is 2. The van der Waals surface area contributed by atoms with Crippen LogP contribution in [-0.2, 0) is 11.6 Å². The number of amidine groups is 1. The summed E-state index contributed by atoms with van der Waals surface area (Å²) in [5.74, 6) is 0.562. The van der Waals surface area contributed by atoms with Crippen molar-refractivity contribution in [3.8, 4) is 11.1 Å². The summed E-state index contributed by atoms with van der Waals surface area (Å²) >= 11 is 7.72. The smallest absolute Gasteiger partial charge is 0.433 e. The van der Waals surface area contributed by atoms with Crippen LogP contribution < -0.4 is 10.0 Å². The summed E-state index contributed by atoms with van der Waals surface area (Å²) in [5, 5.41) is 9.05. The lowest BCUT2D eigenvalue weighted by atomic mass is 9.87. The van der Waals surface area contributed by atoms with Gasteiger partial charge in [-0.1, -0.05) is 37.6 Å². The second-order valence-corrected chi connectivity index (χ2v) is 10.1. The highest BCUT2D eigenvalue weighted by Crippen LogP contribution is 2.45. The van der Waals surface area contributed by atoms with Gasteiger partial charge in [0.25, 0.3) is 0 Å². The molecular weight excluding hydrogens is 501 g/mol. The highest BCUT2D eigenvalue weighted by atomic mass is 35.5. The topological polar surface area (TPSA) is 91.8 Å². The number of aromatic nitrogens is 1. The number of anilines is 1. The molecule has 4 rings (SSSR count). The number of benzene rings is 2. The first kappa shape index (κ1) is 24.9. The predicted molar refractivity (Wildman–Crippen MR) is 131 cm³/mol. The lowest BCUT2D eigenvalue weighted by molar-refractivity contribution is -0.137. The zero-order valence-corrected chi connectivity index (χ0v) is 20.2. The van der Waals surface area contributed by atoms with E-state index in [1.807, 2.05) is 10.4 Å². The molecule has 3 aromatic rings. The highest BCUT2D eigenvalue weighted by Gasteiger charge is 2.37. The summed E-state index contributed by atoms with van der Waals surface area (Å²) in [6, 6.07) is 12.0. The third-order valence-corrected chi connectivity index (χ3v) is 6.86. The summed E-state index contributed by atoms with van der Waals surface area (Å²) in [5.41, 5.74) is 7.42. The molecule has 0 bridgehead atoms. The van der Waals surface area contributed by atoms with Crippen molar-refractivity contribution in [1.29, 1.82) is 0 Å². The molecule has 2 heterocycles. The fourth-order valence-electron chi connectivity index (χ4n) is 3.81. The van der Waals surface area contributed by atoms with Crippen LogP contribution in [-0.4, -0.2) is 28.6 Å². The van der Waals surface area contributed by atoms with Crippen LogP contribution in [0.4, 0.5) is 23.8 Å². The normalized spacial score (nSPS) is 15.3. The Morgan fingerprint density at radius 3 is 2.46 bits per heavy atom. The number of pyridine rings is 1. The maximum atomic E-state index is 12.9. The van der Waals surface area contributed by atoms with E-state index >= 15 is 0 Å². The fraction of sp³-hybridized carbons (Fsp3) is 0.208. The lowest BCUT2D eigenvalue weighted by Gasteiger charge is -2.20. The zero-order chi connectivity index (χ0) is 25.5. The van der Waals surface area contributed by atoms with Crippen LogP contribution in [0.1, 0.15) is 30.5 Å². The van der Waals surface area contributed by atoms with Gasteiger partial charge in [-0.15, -0.1) is 0 Å². The number of amides is 1. The van der Waals surface area contributed by atoms with Crippen molar-refractivity contribution in [2.75, 3.05) is 10.8 Å². The van der Waals surface area contributed by atoms with Crippen molar-refractivity contribution in [2.45, 2.75) is 30.3 Å². The number of rotatable bonds is 4. The Hall–Kier alpha value is -3.24. The molecule has 1 aromatic heterocycles. The standard InChI is InChI=1S/C24H20ClF3N4O2S/c1-23(2)12-32(35-16-7-8-17(19(25)10-16)20(29)31-22(33)34)21-18(23)9-14(11-30-21)13-3-5-15(6-4-13)24(26,27)28/h3-11H,12H2,1-2H3,(H2,29,31)(H,33,34). The fourth-order valence-corrected chi connectivity index (χ4v) is 5.32. The van der Waals surface area contributed by atoms with E-state index in [4.69, 9.17) is 22.4 Å². The van der Waals surface area contributed by atoms with Crippen molar-refractivity contribution >= 4 is 41.3 Å². The van der Waals surface area contributed by atoms with Gasteiger partial charge in [0.1, 0.15) is 11.7 Å². The first-order chi connectivity index (χ1) is 16.3. The number of halogens is 4. The van der Waals surface area contributed by atoms with Crippen LogP contribution in [0.15, 0.2) is 64.6 Å². The summed E-state index contributed by atoms with van der Waals surface area (Å²) in [4.78, 5) is 19.5. The van der Waals surface area contributed by atoms with E-state index in [0.717, 1.165) is 34.0 Å². The van der Waals surface area contributed by atoms with Crippen LogP contribution in [0.25, 0.3) is 11.1 Å². The summed E-state index contributed by atoms with van der Waals surface area (Å²) < 4.78 is 40.7. The number of fused-ring (bicyclic) bond motifs is 1. The molecule has 0 saturated carbocycles. The van der Waals surface area contributed by atoms with E-state index in [2.05, 4.69) is 23.8 Å². The van der Waals surface area contributed by atoms with Gasteiger partial charge < -0.3 is 10.8 Å². The molecule has 0 atom stereocenters. The Morgan fingerprint density at radius 1 is 1.17 bits per heavy atom. The van der Waals surface area contributed by atoms with Crippen molar-refractivity contribution in [3.63, 3.8) is 0 Å². The second kappa shape index (κ2) is 9.09. The Bertz CT molecular complexity index is 1330. The molecular formula is C24H20ClF3N4O2S. The number of carboxylic acid groups (broad SMARTS) is 1. The van der Waals surface area contributed by atoms with Crippen molar-refractivity contribution < 1.29 is 23.1 Å². The van der Waals surface area contributed by atoms with E-state index in [9.17, 15) is 18.0 Å². The molecule has 6 nitrogen and oxygen atoms in total. The average molecular weight is 521 g/mol. The Balaban J connectivity index is 1.60. The highest BCUT2D eigenvalue weighted by molar-refractivity contribution is 8.00. The van der Waals surface area contributed by atoms with Crippen molar-refractivity contribution in [2.24, 2.45) is 10.7 Å². The molecule has 0 saturated heterocycles. The zero-order valence-electron chi connectivity index (χ0n) is 18.6. The number of aliphatic imine (C=N–C) groups is 1. The van der Waals surface area contributed by atoms with Crippen LogP contribution in [0.3, 0.4) is 0 Å². The maximum absolute atomic E-state index is 12.9. The van der Waals surface area contributed by atoms with E-state index in [1.165, 1.54) is 24.1 Å². The minimum absolute atomic E-state index is 0.191. The molecule has 0 radical (unpaired) electrons. The number of nitrogens with zero attached hydrogens (tertiary/aromatic N) is 3. The molecule has 3 N–H and O–H groups in total. The molecule has 0 fully saturated rings. The minimum atomic E-state index is -4.38. The van der Waals surface area contributed by atoms with Crippen molar-refractivity contribution in [3.05, 3.63) is 76.4 Å². The SMILES string of the molecule is CC1(C)CN(Sc2ccc(/C(N)=N/C(=O)O)c(Cl)c2)c2ncc(-c3ccc(C(F)(F)F)cc3)cc21. The Kier molecular flexibility index (Phi) is 6.46. The monoisotopic (exact) mass is 520 g/mol. The third kappa shape index (κ3) is 5.23. The van der Waals surface area contributed by atoms with E-state index in [-0.39, 0.29) is 16.3 Å². The first-order valence-corrected chi connectivity index (χ1v) is 11.5. The average Bonchev–Trinajstić information content (AvgIpc) is 3.02. The third-order valence-electron chi connectivity index (χ3n) is 5.56. The molecule has 0 spiro atoms. The lowest BCUT2D eigenvalue weighted by Crippen LogP contribution is -2.23. The molecule has 1 aliphatic heterocycles. The summed E-state index contributed by atoms with van der Waals surface area (Å²) in [7, 11) is 0. The van der Waals surface area contributed by atoms with Crippen molar-refractivity contribution in [1.82, 2.24) is 4.98 Å². The van der Waals surface area contributed by atoms with Gasteiger partial charge in [0.2, 0.25) is 0 Å². The quantitative estimate of drug-likeness (QED) is 0.228. The second-order valence-electron chi connectivity index (χ2n) is 8.60. The Labute approximate surface area is 208 Å². The number of alkyl halides is 3. The van der Waals surface area contributed by atoms with Crippen LogP contribution in [0.2, 0.25) is 5.02 Å². The molecule has 1 aliphatic rings. The van der Waals surface area contributed by atoms with Gasteiger partial charge >= 0.3 is 12.3 Å². The van der Waals surface area contributed by atoms with Gasteiger partial charge in [-0.3, -0.25) is 4.31 Å². The van der Waals surface area contributed by atoms with E-state index in [0.29, 0.717) is 17.7 Å². The summed E-state index contributed by atoms with van der Waals surface area (Å²) in [6.45, 7) is 4.78. The van der Waals surface area contributed by atoms with Gasteiger partial charge in [0.15, 0.2) is 0 Å². The van der Waals surface area contributed by atoms with Gasteiger partial charge in [-0.05, 0) is 53.9 Å². The predicted octanol–water partition coefficient (Wildman–Crippen LogP) is 6.61. The number of nitrogens with two attached hydrogens (primary N) is 1. The molecule has 2 aromatic carbocycles. The molecule has 35 heavy (non-hydrogen) atoms. The van der Waals surface area contributed by atoms with Gasteiger partial charge in [0, 0.05) is 39.7 Å². The molecule has 0 unspecified atom stereocenters. The maximum Gasteiger partial charge on any atom is 0.433 e. The minimum Gasteiger partial charge on any atom is -0.463 e. The van der Waals surface area contributed by atoms with Crippen LogP contribution in [0.5, 0.6) is 0 Å². The number of hydrogen-bond acceptors (Lipinski definition) is 4. The van der Waals surface area contributed by atoms with Gasteiger partial charge in [-0.25, -0.2) is 9.78 Å². The van der Waals surface area contributed by atoms with E-state index in [1.54, 1.807) is 24.4 Å². The Morgan fingerprint density at radius 2 is 1.86 bits per heavy atom. The summed E-state index contributed by atoms with van der Waals surface area (Å²) in [6.07, 6.45) is -4.14. The number of carbonyl (C=O) groups is 1. The van der Waals surface area contributed by atoms with Gasteiger partial charge in [0.05, 0.1) is 10.6 Å².